The lowest BCUT2D eigenvalue weighted by Crippen LogP contribution is -2.55. The first kappa shape index (κ1) is 16.2. The first-order valence-electron chi connectivity index (χ1n) is 7.46. The summed E-state index contributed by atoms with van der Waals surface area (Å²) in [4.78, 5) is 20.7. The summed E-state index contributed by atoms with van der Waals surface area (Å²) >= 11 is 1.64. The molecule has 1 aromatic rings. The highest BCUT2D eigenvalue weighted by molar-refractivity contribution is 7.99. The fraction of sp³-hybridized carbons (Fsp3) is 0.667. The van der Waals surface area contributed by atoms with Crippen LogP contribution in [0.25, 0.3) is 0 Å². The molecule has 6 heteroatoms. The molecule has 1 fully saturated rings. The maximum Gasteiger partial charge on any atom is 0.326 e. The molecule has 2 atom stereocenters. The van der Waals surface area contributed by atoms with Gasteiger partial charge in [0.25, 0.3) is 0 Å². The summed E-state index contributed by atoms with van der Waals surface area (Å²) in [6.45, 7) is 2.81. The predicted molar refractivity (Wildman–Crippen MR) is 83.1 cm³/mol. The molecule has 1 aromatic heterocycles. The maximum atomic E-state index is 12.3. The van der Waals surface area contributed by atoms with Gasteiger partial charge >= 0.3 is 5.97 Å². The van der Waals surface area contributed by atoms with Crippen LogP contribution in [0.5, 0.6) is 0 Å². The van der Waals surface area contributed by atoms with Crippen molar-refractivity contribution in [2.75, 3.05) is 19.4 Å². The summed E-state index contributed by atoms with van der Waals surface area (Å²) in [6, 6.07) is 1.81. The van der Waals surface area contributed by atoms with Gasteiger partial charge in [-0.3, -0.25) is 4.79 Å². The van der Waals surface area contributed by atoms with Crippen LogP contribution in [0.2, 0.25) is 0 Å². The monoisotopic (exact) mass is 309 g/mol. The van der Waals surface area contributed by atoms with Crippen molar-refractivity contribution in [3.63, 3.8) is 0 Å². The number of carbonyl (C=O) groups excluding carboxylic acids is 1. The number of carbonyl (C=O) groups is 1. The lowest BCUT2D eigenvalue weighted by Gasteiger charge is -2.33. The van der Waals surface area contributed by atoms with E-state index in [2.05, 4.69) is 15.3 Å². The molecule has 116 valence electrons. The fourth-order valence-corrected chi connectivity index (χ4v) is 4.05. The van der Waals surface area contributed by atoms with Crippen molar-refractivity contribution >= 4 is 17.7 Å². The molecule has 1 heterocycles. The van der Waals surface area contributed by atoms with E-state index >= 15 is 0 Å². The number of methoxy groups -OCH3 is 1. The number of ether oxygens (including phenoxy) is 1. The summed E-state index contributed by atoms with van der Waals surface area (Å²) in [7, 11) is 1.48. The molecule has 5 nitrogen and oxygen atoms in total. The molecule has 0 aromatic carbocycles. The SMILES string of the molecule is CCNC1(C(=O)OC)CCCC1CCSc1ncccn1. The van der Waals surface area contributed by atoms with Crippen LogP contribution in [0.15, 0.2) is 23.6 Å². The smallest absolute Gasteiger partial charge is 0.326 e. The molecule has 0 amide bonds. The first-order valence-corrected chi connectivity index (χ1v) is 8.44. The lowest BCUT2D eigenvalue weighted by atomic mass is 9.85. The van der Waals surface area contributed by atoms with Gasteiger partial charge in [0.2, 0.25) is 0 Å². The summed E-state index contributed by atoms with van der Waals surface area (Å²) in [6.07, 6.45) is 7.47. The number of thioether (sulfide) groups is 1. The second kappa shape index (κ2) is 7.75. The zero-order valence-corrected chi connectivity index (χ0v) is 13.5. The standard InChI is InChI=1S/C15H23N3O2S/c1-3-18-15(13(19)20-2)8-4-6-12(15)7-11-21-14-16-9-5-10-17-14/h5,9-10,12,18H,3-4,6-8,11H2,1-2H3. The largest absolute Gasteiger partial charge is 0.468 e. The zero-order valence-electron chi connectivity index (χ0n) is 12.7. The molecule has 0 radical (unpaired) electrons. The van der Waals surface area contributed by atoms with Gasteiger partial charge in [0, 0.05) is 18.1 Å². The van der Waals surface area contributed by atoms with Crippen LogP contribution in [-0.4, -0.2) is 40.9 Å². The van der Waals surface area contributed by atoms with E-state index in [9.17, 15) is 4.79 Å². The highest BCUT2D eigenvalue weighted by atomic mass is 32.2. The number of nitrogens with one attached hydrogen (secondary N) is 1. The predicted octanol–water partition coefficient (Wildman–Crippen LogP) is 2.28. The highest BCUT2D eigenvalue weighted by Crippen LogP contribution is 2.39. The molecule has 1 aliphatic rings. The van der Waals surface area contributed by atoms with Crippen LogP contribution >= 0.6 is 11.8 Å². The van der Waals surface area contributed by atoms with Crippen LogP contribution < -0.4 is 5.32 Å². The molecule has 0 spiro atoms. The van der Waals surface area contributed by atoms with Gasteiger partial charge in [-0.05, 0) is 37.8 Å². The van der Waals surface area contributed by atoms with Gasteiger partial charge in [-0.1, -0.05) is 25.1 Å². The Hall–Kier alpha value is -1.14. The van der Waals surface area contributed by atoms with Crippen molar-refractivity contribution in [3.05, 3.63) is 18.5 Å². The summed E-state index contributed by atoms with van der Waals surface area (Å²) in [5.74, 6) is 1.12. The van der Waals surface area contributed by atoms with Crippen molar-refractivity contribution in [3.8, 4) is 0 Å². The number of hydrogen-bond donors (Lipinski definition) is 1. The quantitative estimate of drug-likeness (QED) is 0.473. The van der Waals surface area contributed by atoms with Crippen LogP contribution in [0.3, 0.4) is 0 Å². The Morgan fingerprint density at radius 2 is 2.29 bits per heavy atom. The number of aromatic nitrogens is 2. The van der Waals surface area contributed by atoms with E-state index < -0.39 is 5.54 Å². The van der Waals surface area contributed by atoms with Gasteiger partial charge in [0.15, 0.2) is 5.16 Å². The van der Waals surface area contributed by atoms with Crippen LogP contribution in [0.4, 0.5) is 0 Å². The Kier molecular flexibility index (Phi) is 5.99. The van der Waals surface area contributed by atoms with Gasteiger partial charge in [0.1, 0.15) is 5.54 Å². The van der Waals surface area contributed by atoms with Crippen molar-refractivity contribution in [2.24, 2.45) is 5.92 Å². The molecule has 2 unspecified atom stereocenters. The lowest BCUT2D eigenvalue weighted by molar-refractivity contribution is -0.150. The minimum Gasteiger partial charge on any atom is -0.468 e. The zero-order chi connectivity index (χ0) is 15.1. The molecule has 0 bridgehead atoms. The third-order valence-corrected chi connectivity index (χ3v) is 5.01. The molecular weight excluding hydrogens is 286 g/mol. The fourth-order valence-electron chi connectivity index (χ4n) is 3.19. The Labute approximate surface area is 130 Å². The van der Waals surface area contributed by atoms with E-state index in [1.54, 1.807) is 24.2 Å². The van der Waals surface area contributed by atoms with Crippen molar-refractivity contribution < 1.29 is 9.53 Å². The number of hydrogen-bond acceptors (Lipinski definition) is 6. The van der Waals surface area contributed by atoms with Gasteiger partial charge in [-0.2, -0.15) is 0 Å². The minimum absolute atomic E-state index is 0.118. The Balaban J connectivity index is 1.95. The average Bonchev–Trinajstić information content (AvgIpc) is 2.92. The number of likely N-dealkylation sites (N-methyl/N-ethyl adjacent to an activating group) is 1. The van der Waals surface area contributed by atoms with E-state index in [1.165, 1.54) is 7.11 Å². The topological polar surface area (TPSA) is 64.1 Å². The molecule has 0 aliphatic heterocycles. The Morgan fingerprint density at radius 1 is 1.52 bits per heavy atom. The summed E-state index contributed by atoms with van der Waals surface area (Å²) in [5, 5.41) is 4.19. The van der Waals surface area contributed by atoms with Gasteiger partial charge < -0.3 is 10.1 Å². The normalized spacial score (nSPS) is 25.0. The van der Waals surface area contributed by atoms with Crippen molar-refractivity contribution in [2.45, 2.75) is 43.3 Å². The van der Waals surface area contributed by atoms with E-state index in [4.69, 9.17) is 4.74 Å². The molecule has 1 saturated carbocycles. The average molecular weight is 309 g/mol. The highest BCUT2D eigenvalue weighted by Gasteiger charge is 2.48. The number of nitrogens with zero attached hydrogens (tertiary/aromatic N) is 2. The van der Waals surface area contributed by atoms with E-state index in [0.29, 0.717) is 5.92 Å². The molecule has 1 aliphatic carbocycles. The Bertz CT molecular complexity index is 457. The maximum absolute atomic E-state index is 12.3. The van der Waals surface area contributed by atoms with E-state index in [1.807, 2.05) is 13.0 Å². The molecular formula is C15H23N3O2S. The third kappa shape index (κ3) is 3.74. The molecule has 1 N–H and O–H groups in total. The summed E-state index contributed by atoms with van der Waals surface area (Å²) in [5.41, 5.74) is -0.498. The van der Waals surface area contributed by atoms with Crippen molar-refractivity contribution in [1.29, 1.82) is 0 Å². The molecule has 21 heavy (non-hydrogen) atoms. The summed E-state index contributed by atoms with van der Waals surface area (Å²) < 4.78 is 5.05. The second-order valence-corrected chi connectivity index (χ2v) is 6.31. The number of rotatable bonds is 7. The van der Waals surface area contributed by atoms with Gasteiger partial charge in [-0.15, -0.1) is 0 Å². The Morgan fingerprint density at radius 3 is 2.95 bits per heavy atom. The third-order valence-electron chi connectivity index (χ3n) is 4.10. The molecule has 0 saturated heterocycles. The first-order chi connectivity index (χ1) is 10.2. The number of esters is 1. The van der Waals surface area contributed by atoms with Crippen LogP contribution in [-0.2, 0) is 9.53 Å². The van der Waals surface area contributed by atoms with Crippen LogP contribution in [0, 0.1) is 5.92 Å². The van der Waals surface area contributed by atoms with Crippen molar-refractivity contribution in [1.82, 2.24) is 15.3 Å². The molecule has 2 rings (SSSR count). The second-order valence-electron chi connectivity index (χ2n) is 5.25. The van der Waals surface area contributed by atoms with Crippen LogP contribution in [0.1, 0.15) is 32.6 Å². The van der Waals surface area contributed by atoms with E-state index in [0.717, 1.165) is 43.1 Å². The van der Waals surface area contributed by atoms with Gasteiger partial charge in [-0.25, -0.2) is 9.97 Å². The van der Waals surface area contributed by atoms with Gasteiger partial charge in [0.05, 0.1) is 7.11 Å². The van der Waals surface area contributed by atoms with E-state index in [-0.39, 0.29) is 5.97 Å². The minimum atomic E-state index is -0.498.